The maximum absolute atomic E-state index is 12.6. The molecule has 2 saturated heterocycles. The minimum atomic E-state index is -4.16. The molecule has 2 amide bonds. The van der Waals surface area contributed by atoms with E-state index < -0.39 is 12.1 Å². The second kappa shape index (κ2) is 7.33. The first kappa shape index (κ1) is 17.1. The molecule has 2 aliphatic heterocycles. The Morgan fingerprint density at radius 2 is 1.77 bits per heavy atom. The highest BCUT2D eigenvalue weighted by atomic mass is 19.4. The number of alkyl halides is 3. The largest absolute Gasteiger partial charge is 0.391 e. The van der Waals surface area contributed by atoms with Crippen molar-refractivity contribution in [3.8, 4) is 0 Å². The summed E-state index contributed by atoms with van der Waals surface area (Å²) < 4.78 is 37.8. The van der Waals surface area contributed by atoms with Crippen molar-refractivity contribution in [1.82, 2.24) is 9.80 Å². The zero-order valence-electron chi connectivity index (χ0n) is 12.7. The Labute approximate surface area is 128 Å². The number of nitrogens with zero attached hydrogens (tertiary/aromatic N) is 2. The van der Waals surface area contributed by atoms with E-state index in [1.165, 1.54) is 4.90 Å². The van der Waals surface area contributed by atoms with Crippen LogP contribution in [-0.2, 0) is 9.59 Å². The lowest BCUT2D eigenvalue weighted by Crippen LogP contribution is -2.43. The van der Waals surface area contributed by atoms with Crippen LogP contribution in [0.1, 0.15) is 44.9 Å². The maximum Gasteiger partial charge on any atom is 0.391 e. The summed E-state index contributed by atoms with van der Waals surface area (Å²) in [7, 11) is 0. The Hall–Kier alpha value is -1.27. The van der Waals surface area contributed by atoms with Gasteiger partial charge in [0.2, 0.25) is 11.8 Å². The van der Waals surface area contributed by atoms with Crippen molar-refractivity contribution in [2.24, 2.45) is 5.92 Å². The predicted molar refractivity (Wildman–Crippen MR) is 75.0 cm³/mol. The molecule has 2 aliphatic rings. The van der Waals surface area contributed by atoms with Crippen LogP contribution >= 0.6 is 0 Å². The van der Waals surface area contributed by atoms with Crippen LogP contribution in [0, 0.1) is 5.92 Å². The summed E-state index contributed by atoms with van der Waals surface area (Å²) in [5.74, 6) is -1.34. The van der Waals surface area contributed by atoms with E-state index >= 15 is 0 Å². The zero-order chi connectivity index (χ0) is 16.2. The summed E-state index contributed by atoms with van der Waals surface area (Å²) in [5.41, 5.74) is 0. The molecule has 0 N–H and O–H groups in total. The number of rotatable bonds is 3. The van der Waals surface area contributed by atoms with Crippen LogP contribution in [0.4, 0.5) is 13.2 Å². The van der Waals surface area contributed by atoms with Gasteiger partial charge in [0.15, 0.2) is 0 Å². The van der Waals surface area contributed by atoms with Gasteiger partial charge in [0.05, 0.1) is 5.92 Å². The zero-order valence-corrected chi connectivity index (χ0v) is 12.7. The van der Waals surface area contributed by atoms with Gasteiger partial charge in [-0.25, -0.2) is 0 Å². The van der Waals surface area contributed by atoms with Gasteiger partial charge < -0.3 is 9.80 Å². The first-order valence-corrected chi connectivity index (χ1v) is 8.00. The van der Waals surface area contributed by atoms with Gasteiger partial charge in [-0.1, -0.05) is 6.42 Å². The lowest BCUT2D eigenvalue weighted by atomic mass is 9.96. The number of amides is 2. The number of piperidine rings is 1. The van der Waals surface area contributed by atoms with Gasteiger partial charge >= 0.3 is 6.18 Å². The molecular formula is C15H23F3N2O2. The number of likely N-dealkylation sites (tertiary alicyclic amines) is 2. The van der Waals surface area contributed by atoms with Crippen LogP contribution in [0.3, 0.4) is 0 Å². The summed E-state index contributed by atoms with van der Waals surface area (Å²) in [6, 6.07) is 0. The summed E-state index contributed by atoms with van der Waals surface area (Å²) in [4.78, 5) is 27.1. The Morgan fingerprint density at radius 3 is 2.41 bits per heavy atom. The van der Waals surface area contributed by atoms with Crippen molar-refractivity contribution >= 4 is 11.8 Å². The maximum atomic E-state index is 12.6. The molecule has 0 spiro atoms. The molecule has 0 unspecified atom stereocenters. The van der Waals surface area contributed by atoms with Gasteiger partial charge in [0.1, 0.15) is 0 Å². The molecule has 4 nitrogen and oxygen atoms in total. The molecule has 7 heteroatoms. The minimum absolute atomic E-state index is 0.0160. The quantitative estimate of drug-likeness (QED) is 0.802. The topological polar surface area (TPSA) is 40.6 Å². The number of hydrogen-bond acceptors (Lipinski definition) is 2. The first-order chi connectivity index (χ1) is 10.4. The smallest absolute Gasteiger partial charge is 0.343 e. The molecule has 0 aromatic heterocycles. The van der Waals surface area contributed by atoms with Gasteiger partial charge in [-0.2, -0.15) is 13.2 Å². The molecule has 0 atom stereocenters. The Bertz CT molecular complexity index is 404. The average Bonchev–Trinajstić information content (AvgIpc) is 2.68. The number of carbonyl (C=O) groups is 2. The lowest BCUT2D eigenvalue weighted by molar-refractivity contribution is -0.186. The second-order valence-electron chi connectivity index (χ2n) is 6.14. The van der Waals surface area contributed by atoms with Crippen molar-refractivity contribution in [2.75, 3.05) is 26.2 Å². The van der Waals surface area contributed by atoms with Crippen LogP contribution in [0.5, 0.6) is 0 Å². The third kappa shape index (κ3) is 4.61. The van der Waals surface area contributed by atoms with E-state index in [2.05, 4.69) is 0 Å². The van der Waals surface area contributed by atoms with Crippen molar-refractivity contribution in [3.63, 3.8) is 0 Å². The van der Waals surface area contributed by atoms with Crippen molar-refractivity contribution < 1.29 is 22.8 Å². The summed E-state index contributed by atoms with van der Waals surface area (Å²) in [6.45, 7) is 1.40. The standard InChI is InChI=1S/C15H23F3N2O2/c16-15(17,18)12-5-9-20(10-6-12)14(22)7-11-19-8-3-1-2-4-13(19)21/h12H,1-11H2. The lowest BCUT2D eigenvalue weighted by Gasteiger charge is -2.33. The van der Waals surface area contributed by atoms with E-state index in [1.54, 1.807) is 4.90 Å². The third-order valence-corrected chi connectivity index (χ3v) is 4.58. The van der Waals surface area contributed by atoms with Crippen molar-refractivity contribution in [2.45, 2.75) is 51.1 Å². The fraction of sp³-hybridized carbons (Fsp3) is 0.867. The third-order valence-electron chi connectivity index (χ3n) is 4.58. The number of carbonyl (C=O) groups excluding carboxylic acids is 2. The molecule has 2 heterocycles. The van der Waals surface area contributed by atoms with Gasteiger partial charge in [0, 0.05) is 39.0 Å². The Balaban J connectivity index is 1.75. The monoisotopic (exact) mass is 320 g/mol. The van der Waals surface area contributed by atoms with Crippen molar-refractivity contribution in [1.29, 1.82) is 0 Å². The van der Waals surface area contributed by atoms with E-state index in [0.717, 1.165) is 19.3 Å². The number of hydrogen-bond donors (Lipinski definition) is 0. The molecule has 0 aromatic carbocycles. The van der Waals surface area contributed by atoms with Gasteiger partial charge in [-0.15, -0.1) is 0 Å². The van der Waals surface area contributed by atoms with Crippen LogP contribution in [0.2, 0.25) is 0 Å². The van der Waals surface area contributed by atoms with E-state index in [4.69, 9.17) is 0 Å². The average molecular weight is 320 g/mol. The highest BCUT2D eigenvalue weighted by Crippen LogP contribution is 2.34. The van der Waals surface area contributed by atoms with Gasteiger partial charge in [0.25, 0.3) is 0 Å². The van der Waals surface area contributed by atoms with Gasteiger partial charge in [-0.05, 0) is 25.7 Å². The molecular weight excluding hydrogens is 297 g/mol. The molecule has 0 bridgehead atoms. The van der Waals surface area contributed by atoms with Crippen LogP contribution in [-0.4, -0.2) is 54.0 Å². The normalized spacial score (nSPS) is 21.9. The molecule has 126 valence electrons. The Kier molecular flexibility index (Phi) is 5.69. The SMILES string of the molecule is O=C1CCCCCN1CCC(=O)N1CCC(C(F)(F)F)CC1. The second-order valence-corrected chi connectivity index (χ2v) is 6.14. The van der Waals surface area contributed by atoms with E-state index in [0.29, 0.717) is 19.5 Å². The molecule has 0 aromatic rings. The Morgan fingerprint density at radius 1 is 1.09 bits per heavy atom. The predicted octanol–water partition coefficient (Wildman–Crippen LogP) is 2.58. The molecule has 0 saturated carbocycles. The summed E-state index contributed by atoms with van der Waals surface area (Å²) in [5, 5.41) is 0. The highest BCUT2D eigenvalue weighted by Gasteiger charge is 2.41. The summed E-state index contributed by atoms with van der Waals surface area (Å²) in [6.07, 6.45) is -0.566. The number of halogens is 3. The van der Waals surface area contributed by atoms with Crippen LogP contribution < -0.4 is 0 Å². The van der Waals surface area contributed by atoms with Gasteiger partial charge in [-0.3, -0.25) is 9.59 Å². The van der Waals surface area contributed by atoms with E-state index in [-0.39, 0.29) is 44.2 Å². The van der Waals surface area contributed by atoms with E-state index in [1.807, 2.05) is 0 Å². The highest BCUT2D eigenvalue weighted by molar-refractivity contribution is 5.79. The van der Waals surface area contributed by atoms with Crippen LogP contribution in [0.15, 0.2) is 0 Å². The molecule has 22 heavy (non-hydrogen) atoms. The van der Waals surface area contributed by atoms with Crippen molar-refractivity contribution in [3.05, 3.63) is 0 Å². The summed E-state index contributed by atoms with van der Waals surface area (Å²) >= 11 is 0. The molecule has 2 rings (SSSR count). The molecule has 2 fully saturated rings. The minimum Gasteiger partial charge on any atom is -0.343 e. The fourth-order valence-electron chi connectivity index (χ4n) is 3.12. The molecule has 0 aliphatic carbocycles. The fourth-order valence-corrected chi connectivity index (χ4v) is 3.12. The van der Waals surface area contributed by atoms with E-state index in [9.17, 15) is 22.8 Å². The van der Waals surface area contributed by atoms with Crippen LogP contribution in [0.25, 0.3) is 0 Å². The molecule has 0 radical (unpaired) electrons. The first-order valence-electron chi connectivity index (χ1n) is 8.00.